The summed E-state index contributed by atoms with van der Waals surface area (Å²) in [5.41, 5.74) is 0.731. The Kier molecular flexibility index (Phi) is 5.87. The van der Waals surface area contributed by atoms with Crippen molar-refractivity contribution < 1.29 is 9.78 Å². The van der Waals surface area contributed by atoms with Gasteiger partial charge in [0.2, 0.25) is 5.91 Å². The van der Waals surface area contributed by atoms with E-state index in [9.17, 15) is 4.79 Å². The van der Waals surface area contributed by atoms with Gasteiger partial charge in [0.25, 0.3) is 5.82 Å². The maximum atomic E-state index is 12.8. The molecular formula is C23H31N8O+. The third-order valence-electron chi connectivity index (χ3n) is 6.65. The number of pyridine rings is 1. The second kappa shape index (κ2) is 9.10. The number of carbonyl (C=O) groups is 1. The fourth-order valence-electron chi connectivity index (χ4n) is 4.54. The Labute approximate surface area is 188 Å². The minimum Gasteiger partial charge on any atom is -0.355 e. The molecule has 0 saturated carbocycles. The summed E-state index contributed by atoms with van der Waals surface area (Å²) in [4.78, 5) is 22.7. The number of aryl methyl sites for hydroxylation is 1. The van der Waals surface area contributed by atoms with Crippen molar-refractivity contribution >= 4 is 23.2 Å². The van der Waals surface area contributed by atoms with Crippen LogP contribution in [0.5, 0.6) is 0 Å². The minimum absolute atomic E-state index is 0.166. The van der Waals surface area contributed by atoms with Gasteiger partial charge in [0.05, 0.1) is 19.3 Å². The minimum atomic E-state index is 0.166. The second-order valence-electron chi connectivity index (χ2n) is 8.86. The highest BCUT2D eigenvalue weighted by Gasteiger charge is 2.26. The predicted molar refractivity (Wildman–Crippen MR) is 122 cm³/mol. The van der Waals surface area contributed by atoms with Crippen LogP contribution >= 0.6 is 0 Å². The molecule has 0 atom stereocenters. The summed E-state index contributed by atoms with van der Waals surface area (Å²) in [7, 11) is 0. The number of piperazine rings is 1. The van der Waals surface area contributed by atoms with E-state index in [1.54, 1.807) is 0 Å². The number of hydrogen-bond acceptors (Lipinski definition) is 6. The van der Waals surface area contributed by atoms with Gasteiger partial charge in [-0.15, -0.1) is 15.3 Å². The SMILES string of the molecule is CC1CCN(c2ccc3nnc(CCC(=O)N4CCN(c5cccc[nH+]5)CC4)n3n2)CC1. The number of aromatic nitrogens is 5. The van der Waals surface area contributed by atoms with Crippen molar-refractivity contribution in [3.8, 4) is 0 Å². The molecule has 2 aliphatic heterocycles. The number of fused-ring (bicyclic) bond motifs is 1. The zero-order valence-electron chi connectivity index (χ0n) is 18.7. The zero-order valence-corrected chi connectivity index (χ0v) is 18.7. The smallest absolute Gasteiger partial charge is 0.274 e. The average molecular weight is 436 g/mol. The van der Waals surface area contributed by atoms with Gasteiger partial charge in [-0.3, -0.25) is 9.69 Å². The van der Waals surface area contributed by atoms with E-state index >= 15 is 0 Å². The Bertz CT molecular complexity index is 1050. The van der Waals surface area contributed by atoms with Crippen LogP contribution in [0.1, 0.15) is 32.0 Å². The van der Waals surface area contributed by atoms with Gasteiger partial charge in [0, 0.05) is 32.0 Å². The van der Waals surface area contributed by atoms with Crippen molar-refractivity contribution in [2.45, 2.75) is 32.6 Å². The van der Waals surface area contributed by atoms with Crippen molar-refractivity contribution in [2.75, 3.05) is 49.1 Å². The zero-order chi connectivity index (χ0) is 21.9. The number of rotatable bonds is 5. The number of piperidine rings is 1. The number of anilines is 2. The maximum Gasteiger partial charge on any atom is 0.274 e. The van der Waals surface area contributed by atoms with E-state index in [1.807, 2.05) is 39.9 Å². The quantitative estimate of drug-likeness (QED) is 0.603. The molecule has 0 spiro atoms. The molecule has 3 aromatic heterocycles. The molecule has 0 aromatic carbocycles. The Balaban J connectivity index is 1.19. The van der Waals surface area contributed by atoms with Crippen molar-refractivity contribution in [2.24, 2.45) is 5.92 Å². The predicted octanol–water partition coefficient (Wildman–Crippen LogP) is 1.46. The van der Waals surface area contributed by atoms with Crippen LogP contribution in [0.15, 0.2) is 36.5 Å². The molecule has 1 N–H and O–H groups in total. The third kappa shape index (κ3) is 4.37. The van der Waals surface area contributed by atoms with E-state index < -0.39 is 0 Å². The van der Waals surface area contributed by atoms with Gasteiger partial charge in [-0.05, 0) is 37.0 Å². The topological polar surface area (TPSA) is 84.0 Å². The van der Waals surface area contributed by atoms with E-state index in [1.165, 1.54) is 12.8 Å². The fraction of sp³-hybridized carbons (Fsp3) is 0.522. The number of amides is 1. The van der Waals surface area contributed by atoms with E-state index in [0.717, 1.165) is 68.3 Å². The summed E-state index contributed by atoms with van der Waals surface area (Å²) in [6.07, 6.45) is 5.28. The lowest BCUT2D eigenvalue weighted by Crippen LogP contribution is -2.50. The summed E-state index contributed by atoms with van der Waals surface area (Å²) < 4.78 is 1.81. The molecule has 5 rings (SSSR count). The summed E-state index contributed by atoms with van der Waals surface area (Å²) in [6.45, 7) is 7.50. The highest BCUT2D eigenvalue weighted by atomic mass is 16.2. The highest BCUT2D eigenvalue weighted by Crippen LogP contribution is 2.21. The molecule has 5 heterocycles. The fourth-order valence-corrected chi connectivity index (χ4v) is 4.54. The third-order valence-corrected chi connectivity index (χ3v) is 6.65. The molecule has 0 unspecified atom stereocenters. The van der Waals surface area contributed by atoms with Crippen LogP contribution < -0.4 is 14.8 Å². The van der Waals surface area contributed by atoms with Crippen molar-refractivity contribution in [3.05, 3.63) is 42.4 Å². The molecule has 3 aromatic rings. The molecule has 0 aliphatic carbocycles. The van der Waals surface area contributed by atoms with Gasteiger partial charge in [-0.2, -0.15) is 4.52 Å². The first-order valence-corrected chi connectivity index (χ1v) is 11.6. The average Bonchev–Trinajstić information content (AvgIpc) is 3.26. The first-order chi connectivity index (χ1) is 15.7. The lowest BCUT2D eigenvalue weighted by Gasteiger charge is -2.31. The summed E-state index contributed by atoms with van der Waals surface area (Å²) >= 11 is 0. The lowest BCUT2D eigenvalue weighted by molar-refractivity contribution is -0.364. The molecule has 9 heteroatoms. The summed E-state index contributed by atoms with van der Waals surface area (Å²) in [5, 5.41) is 13.4. The normalized spacial score (nSPS) is 17.8. The Morgan fingerprint density at radius 3 is 2.56 bits per heavy atom. The van der Waals surface area contributed by atoms with Gasteiger partial charge in [0.1, 0.15) is 18.9 Å². The molecule has 2 saturated heterocycles. The molecule has 1 amide bonds. The van der Waals surface area contributed by atoms with Crippen LogP contribution in [0.2, 0.25) is 0 Å². The molecule has 2 aliphatic rings. The molecule has 9 nitrogen and oxygen atoms in total. The van der Waals surface area contributed by atoms with Crippen molar-refractivity contribution in [3.63, 3.8) is 0 Å². The molecule has 168 valence electrons. The largest absolute Gasteiger partial charge is 0.355 e. The highest BCUT2D eigenvalue weighted by molar-refractivity contribution is 5.76. The maximum absolute atomic E-state index is 12.8. The first-order valence-electron chi connectivity index (χ1n) is 11.6. The Morgan fingerprint density at radius 2 is 1.81 bits per heavy atom. The van der Waals surface area contributed by atoms with Crippen molar-refractivity contribution in [1.82, 2.24) is 24.7 Å². The number of nitrogens with one attached hydrogen (secondary N) is 1. The molecule has 0 bridgehead atoms. The van der Waals surface area contributed by atoms with Crippen LogP contribution in [0, 0.1) is 5.92 Å². The van der Waals surface area contributed by atoms with Crippen molar-refractivity contribution in [1.29, 1.82) is 0 Å². The molecule has 0 radical (unpaired) electrons. The van der Waals surface area contributed by atoms with Gasteiger partial charge in [-0.1, -0.05) is 13.0 Å². The van der Waals surface area contributed by atoms with E-state index in [4.69, 9.17) is 5.10 Å². The van der Waals surface area contributed by atoms with E-state index in [-0.39, 0.29) is 5.91 Å². The van der Waals surface area contributed by atoms with Crippen LogP contribution in [-0.2, 0) is 11.2 Å². The number of hydrogen-bond donors (Lipinski definition) is 0. The monoisotopic (exact) mass is 435 g/mol. The number of aromatic amines is 1. The van der Waals surface area contributed by atoms with Crippen LogP contribution in [0.4, 0.5) is 11.6 Å². The van der Waals surface area contributed by atoms with Crippen LogP contribution in [0.25, 0.3) is 5.65 Å². The summed E-state index contributed by atoms with van der Waals surface area (Å²) in [6, 6.07) is 10.1. The van der Waals surface area contributed by atoms with E-state index in [0.29, 0.717) is 12.8 Å². The van der Waals surface area contributed by atoms with E-state index in [2.05, 4.69) is 38.0 Å². The van der Waals surface area contributed by atoms with Gasteiger partial charge < -0.3 is 9.80 Å². The lowest BCUT2D eigenvalue weighted by atomic mass is 9.99. The van der Waals surface area contributed by atoms with Gasteiger partial charge in [0.15, 0.2) is 11.5 Å². The van der Waals surface area contributed by atoms with Gasteiger partial charge in [-0.25, -0.2) is 4.98 Å². The molecular weight excluding hydrogens is 404 g/mol. The number of H-pyrrole nitrogens is 1. The number of carbonyl (C=O) groups excluding carboxylic acids is 1. The standard InChI is InChI=1S/C23H30N8O/c1-18-9-12-28(13-10-18)22-6-5-20-25-26-21(31(20)27-22)7-8-23(32)30-16-14-29(15-17-30)19-4-2-3-11-24-19/h2-6,11,18H,7-10,12-17H2,1H3/p+1. The molecule has 32 heavy (non-hydrogen) atoms. The van der Waals surface area contributed by atoms with Crippen LogP contribution in [-0.4, -0.2) is 69.9 Å². The molecule has 2 fully saturated rings. The second-order valence-corrected chi connectivity index (χ2v) is 8.86. The summed E-state index contributed by atoms with van der Waals surface area (Å²) in [5.74, 6) is 3.75. The Morgan fingerprint density at radius 1 is 1.00 bits per heavy atom. The number of nitrogens with zero attached hydrogens (tertiary/aromatic N) is 7. The first kappa shape index (κ1) is 20.7. The Hall–Kier alpha value is -3.23. The van der Waals surface area contributed by atoms with Gasteiger partial charge >= 0.3 is 0 Å². The van der Waals surface area contributed by atoms with Crippen LogP contribution in [0.3, 0.4) is 0 Å².